The number of hydrogen-bond donors (Lipinski definition) is 3. The van der Waals surface area contributed by atoms with Gasteiger partial charge >= 0.3 is 18.2 Å². The Morgan fingerprint density at radius 2 is 2.00 bits per heavy atom. The third-order valence-electron chi connectivity index (χ3n) is 4.28. The van der Waals surface area contributed by atoms with Gasteiger partial charge in [0.1, 0.15) is 18.3 Å². The number of carboxylic acid groups (broad SMARTS) is 2. The molecule has 3 heterocycles. The summed E-state index contributed by atoms with van der Waals surface area (Å²) in [6.45, 7) is -0.193. The third-order valence-corrected chi connectivity index (χ3v) is 4.28. The van der Waals surface area contributed by atoms with E-state index in [0.717, 1.165) is 9.80 Å². The smallest absolute Gasteiger partial charge is 0.408 e. The van der Waals surface area contributed by atoms with Crippen molar-refractivity contribution in [2.75, 3.05) is 13.2 Å². The maximum Gasteiger partial charge on any atom is 0.408 e. The maximum atomic E-state index is 12.2. The number of likely N-dealkylation sites (tertiary alicyclic amines) is 1. The van der Waals surface area contributed by atoms with Gasteiger partial charge in [-0.1, -0.05) is 0 Å². The number of nitrogens with two attached hydrogens (primary N) is 1. The van der Waals surface area contributed by atoms with Crippen LogP contribution in [0.4, 0.5) is 9.59 Å². The second-order valence-electron chi connectivity index (χ2n) is 5.41. The van der Waals surface area contributed by atoms with Gasteiger partial charge in [-0.05, 0) is 12.0 Å². The van der Waals surface area contributed by atoms with Crippen LogP contribution in [-0.4, -0.2) is 69.3 Å². The van der Waals surface area contributed by atoms with Crippen LogP contribution in [0.5, 0.6) is 0 Å². The molecule has 3 aliphatic rings. The molecule has 4 N–H and O–H groups in total. The molecular weight excluding hydrogens is 298 g/mol. The molecule has 0 aromatic heterocycles. The lowest BCUT2D eigenvalue weighted by atomic mass is 9.79. The van der Waals surface area contributed by atoms with Gasteiger partial charge in [-0.3, -0.25) is 14.6 Å². The molecule has 0 aromatic rings. The number of aliphatic carboxylic acids is 1. The monoisotopic (exact) mass is 311 g/mol. The van der Waals surface area contributed by atoms with E-state index in [0.29, 0.717) is 0 Å². The lowest BCUT2D eigenvalue weighted by Crippen LogP contribution is -2.69. The Morgan fingerprint density at radius 1 is 1.32 bits per heavy atom. The average Bonchev–Trinajstić information content (AvgIpc) is 2.79. The normalized spacial score (nSPS) is 29.1. The van der Waals surface area contributed by atoms with Gasteiger partial charge in [-0.2, -0.15) is 0 Å². The summed E-state index contributed by atoms with van der Waals surface area (Å²) in [5.41, 5.74) is 4.89. The van der Waals surface area contributed by atoms with E-state index in [1.165, 1.54) is 0 Å². The predicted octanol–water partition coefficient (Wildman–Crippen LogP) is -0.987. The Kier molecular flexibility index (Phi) is 2.97. The molecule has 2 saturated heterocycles. The van der Waals surface area contributed by atoms with E-state index in [-0.39, 0.29) is 36.8 Å². The van der Waals surface area contributed by atoms with Crippen molar-refractivity contribution in [3.63, 3.8) is 0 Å². The van der Waals surface area contributed by atoms with Gasteiger partial charge in [0.2, 0.25) is 0 Å². The van der Waals surface area contributed by atoms with Crippen molar-refractivity contribution < 1.29 is 34.1 Å². The molecule has 0 unspecified atom stereocenters. The Hall–Kier alpha value is -2.78. The summed E-state index contributed by atoms with van der Waals surface area (Å²) in [7, 11) is 0. The topological polar surface area (TPSA) is 150 Å². The van der Waals surface area contributed by atoms with Crippen molar-refractivity contribution in [3.8, 4) is 0 Å². The number of carbonyl (C=O) groups excluding carboxylic acids is 2. The fraction of sp³-hybridized carbons (Fsp3) is 0.500. The van der Waals surface area contributed by atoms with Gasteiger partial charge in [0.15, 0.2) is 0 Å². The van der Waals surface area contributed by atoms with E-state index < -0.39 is 36.1 Å². The van der Waals surface area contributed by atoms with E-state index in [1.54, 1.807) is 0 Å². The van der Waals surface area contributed by atoms with Gasteiger partial charge < -0.3 is 20.7 Å². The molecule has 0 radical (unpaired) electrons. The molecule has 0 saturated carbocycles. The van der Waals surface area contributed by atoms with Crippen LogP contribution in [0.2, 0.25) is 0 Å². The highest BCUT2D eigenvalue weighted by molar-refractivity contribution is 6.02. The molecule has 3 rings (SSSR count). The van der Waals surface area contributed by atoms with Crippen LogP contribution in [-0.2, 0) is 14.3 Å². The molecule has 0 bridgehead atoms. The van der Waals surface area contributed by atoms with Crippen molar-refractivity contribution in [1.82, 2.24) is 9.80 Å². The van der Waals surface area contributed by atoms with Gasteiger partial charge in [0.05, 0.1) is 6.04 Å². The average molecular weight is 311 g/mol. The number of primary amides is 1. The number of nitrogens with zero attached hydrogens (tertiary/aromatic N) is 2. The Morgan fingerprint density at radius 3 is 2.55 bits per heavy atom. The van der Waals surface area contributed by atoms with Crippen molar-refractivity contribution >= 4 is 24.1 Å². The molecule has 118 valence electrons. The highest BCUT2D eigenvalue weighted by Gasteiger charge is 2.64. The van der Waals surface area contributed by atoms with Crippen LogP contribution in [0.1, 0.15) is 6.42 Å². The van der Waals surface area contributed by atoms with E-state index in [2.05, 4.69) is 4.74 Å². The van der Waals surface area contributed by atoms with Gasteiger partial charge in [-0.25, -0.2) is 14.4 Å². The first-order valence-corrected chi connectivity index (χ1v) is 6.53. The van der Waals surface area contributed by atoms with Crippen molar-refractivity contribution in [3.05, 3.63) is 11.3 Å². The number of β-lactam (4-membered cyclic amide) rings is 1. The minimum atomic E-state index is -1.32. The zero-order valence-corrected chi connectivity index (χ0v) is 11.3. The SMILES string of the molecule is NC(=O)OCC1=C(C(=O)O)N2C(=O)[C@@H]3[C@H]2[C@H](C1)CN3C(=O)O. The van der Waals surface area contributed by atoms with Gasteiger partial charge in [0, 0.05) is 12.5 Å². The number of hydrogen-bond acceptors (Lipinski definition) is 5. The Balaban J connectivity index is 1.94. The van der Waals surface area contributed by atoms with Crippen LogP contribution < -0.4 is 5.73 Å². The fourth-order valence-electron chi connectivity index (χ4n) is 3.52. The van der Waals surface area contributed by atoms with Crippen molar-refractivity contribution in [2.24, 2.45) is 11.7 Å². The lowest BCUT2D eigenvalue weighted by Gasteiger charge is -2.49. The second-order valence-corrected chi connectivity index (χ2v) is 5.41. The molecule has 10 nitrogen and oxygen atoms in total. The van der Waals surface area contributed by atoms with Crippen molar-refractivity contribution in [1.29, 1.82) is 0 Å². The van der Waals surface area contributed by atoms with Crippen LogP contribution in [0.15, 0.2) is 11.3 Å². The molecule has 3 aliphatic heterocycles. The first kappa shape index (κ1) is 14.2. The highest BCUT2D eigenvalue weighted by atomic mass is 16.5. The van der Waals surface area contributed by atoms with Crippen molar-refractivity contribution in [2.45, 2.75) is 18.5 Å². The lowest BCUT2D eigenvalue weighted by molar-refractivity contribution is -0.156. The maximum absolute atomic E-state index is 12.2. The Labute approximate surface area is 123 Å². The molecule has 0 aromatic carbocycles. The molecule has 22 heavy (non-hydrogen) atoms. The summed E-state index contributed by atoms with van der Waals surface area (Å²) >= 11 is 0. The van der Waals surface area contributed by atoms with E-state index in [4.69, 9.17) is 10.8 Å². The summed E-state index contributed by atoms with van der Waals surface area (Å²) in [5.74, 6) is -2.10. The summed E-state index contributed by atoms with van der Waals surface area (Å²) in [6, 6.07) is -1.29. The summed E-state index contributed by atoms with van der Waals surface area (Å²) < 4.78 is 4.64. The number of carbonyl (C=O) groups is 4. The standard InChI is InChI=1S/C12H13N3O7/c13-11(19)22-3-5-1-4-2-14(12(20)21)8-6(4)15(9(8)16)7(5)10(17)18/h4,6,8H,1-3H2,(H2,13,19)(H,17,18)(H,20,21)/t4-,6-,8+/m1/s1. The minimum Gasteiger partial charge on any atom is -0.477 e. The molecule has 3 atom stereocenters. The second kappa shape index (κ2) is 4.61. The molecule has 0 aliphatic carbocycles. The molecule has 0 spiro atoms. The van der Waals surface area contributed by atoms with Crippen LogP contribution in [0, 0.1) is 5.92 Å². The summed E-state index contributed by atoms with van der Waals surface area (Å²) in [5, 5.41) is 18.5. The molecule has 10 heteroatoms. The quantitative estimate of drug-likeness (QED) is 0.566. The van der Waals surface area contributed by atoms with Gasteiger partial charge in [0.25, 0.3) is 5.91 Å². The highest BCUT2D eigenvalue weighted by Crippen LogP contribution is 2.46. The first-order chi connectivity index (χ1) is 10.3. The number of rotatable bonds is 3. The van der Waals surface area contributed by atoms with E-state index >= 15 is 0 Å². The van der Waals surface area contributed by atoms with Crippen LogP contribution in [0.3, 0.4) is 0 Å². The Bertz CT molecular complexity index is 628. The van der Waals surface area contributed by atoms with Crippen LogP contribution in [0.25, 0.3) is 0 Å². The van der Waals surface area contributed by atoms with Gasteiger partial charge in [-0.15, -0.1) is 0 Å². The van der Waals surface area contributed by atoms with E-state index in [9.17, 15) is 24.3 Å². The summed E-state index contributed by atoms with van der Waals surface area (Å²) in [4.78, 5) is 47.6. The van der Waals surface area contributed by atoms with Crippen LogP contribution >= 0.6 is 0 Å². The zero-order chi connectivity index (χ0) is 16.2. The number of ether oxygens (including phenoxy) is 1. The molecule has 3 amide bonds. The largest absolute Gasteiger partial charge is 0.477 e. The molecule has 2 fully saturated rings. The molecular formula is C12H13N3O7. The predicted molar refractivity (Wildman–Crippen MR) is 67.5 cm³/mol. The third kappa shape index (κ3) is 1.80. The number of amides is 3. The van der Waals surface area contributed by atoms with E-state index in [1.807, 2.05) is 0 Å². The number of carboxylic acids is 1. The minimum absolute atomic E-state index is 0.139. The fourth-order valence-corrected chi connectivity index (χ4v) is 3.52. The summed E-state index contributed by atoms with van der Waals surface area (Å²) in [6.07, 6.45) is -2.02. The first-order valence-electron chi connectivity index (χ1n) is 6.53. The zero-order valence-electron chi connectivity index (χ0n) is 11.3.